The zero-order valence-electron chi connectivity index (χ0n) is 15.2. The second-order valence-corrected chi connectivity index (χ2v) is 7.44. The van der Waals surface area contributed by atoms with Crippen molar-refractivity contribution in [2.45, 2.75) is 13.8 Å². The third kappa shape index (κ3) is 5.08. The highest BCUT2D eigenvalue weighted by atomic mass is 32.1. The first-order valence-electron chi connectivity index (χ1n) is 8.67. The molecule has 2 aromatic carbocycles. The standard InChI is InChI=1S/C21H20FN3OS/c1-15(2)14-25(19(26)12-11-16-7-4-3-5-8-16)21-24-23-20(27-21)17-9-6-10-18(22)13-17/h3-13,15H,14H2,1-2H3. The summed E-state index contributed by atoms with van der Waals surface area (Å²) in [4.78, 5) is 14.4. The van der Waals surface area contributed by atoms with Gasteiger partial charge < -0.3 is 0 Å². The lowest BCUT2D eigenvalue weighted by atomic mass is 10.2. The Morgan fingerprint density at radius 3 is 2.63 bits per heavy atom. The molecule has 0 fully saturated rings. The molecule has 0 N–H and O–H groups in total. The van der Waals surface area contributed by atoms with E-state index in [2.05, 4.69) is 10.2 Å². The number of nitrogens with zero attached hydrogens (tertiary/aromatic N) is 3. The van der Waals surface area contributed by atoms with Gasteiger partial charge in [-0.25, -0.2) is 4.39 Å². The predicted molar refractivity (Wildman–Crippen MR) is 108 cm³/mol. The highest BCUT2D eigenvalue weighted by Gasteiger charge is 2.20. The highest BCUT2D eigenvalue weighted by molar-refractivity contribution is 7.18. The van der Waals surface area contributed by atoms with E-state index in [4.69, 9.17) is 0 Å². The second-order valence-electron chi connectivity index (χ2n) is 6.49. The molecule has 0 atom stereocenters. The molecule has 1 aromatic heterocycles. The van der Waals surface area contributed by atoms with Crippen LogP contribution in [0.25, 0.3) is 16.6 Å². The quantitative estimate of drug-likeness (QED) is 0.562. The minimum absolute atomic E-state index is 0.158. The van der Waals surface area contributed by atoms with Crippen molar-refractivity contribution in [1.82, 2.24) is 10.2 Å². The molecular formula is C21H20FN3OS. The van der Waals surface area contributed by atoms with E-state index in [9.17, 15) is 9.18 Å². The number of carbonyl (C=O) groups excluding carboxylic acids is 1. The van der Waals surface area contributed by atoms with E-state index >= 15 is 0 Å². The van der Waals surface area contributed by atoms with Crippen LogP contribution in [0.1, 0.15) is 19.4 Å². The Hall–Kier alpha value is -2.86. The number of carbonyl (C=O) groups is 1. The molecule has 3 rings (SSSR count). The molecular weight excluding hydrogens is 361 g/mol. The maximum absolute atomic E-state index is 13.5. The summed E-state index contributed by atoms with van der Waals surface area (Å²) >= 11 is 1.28. The van der Waals surface area contributed by atoms with Crippen LogP contribution >= 0.6 is 11.3 Å². The summed E-state index contributed by atoms with van der Waals surface area (Å²) in [7, 11) is 0. The number of hydrogen-bond donors (Lipinski definition) is 0. The number of halogens is 1. The number of aromatic nitrogens is 2. The Morgan fingerprint density at radius 2 is 1.93 bits per heavy atom. The zero-order valence-corrected chi connectivity index (χ0v) is 16.0. The SMILES string of the molecule is CC(C)CN(C(=O)C=Cc1ccccc1)c1nnc(-c2cccc(F)c2)s1. The number of benzene rings is 2. The monoisotopic (exact) mass is 381 g/mol. The maximum Gasteiger partial charge on any atom is 0.252 e. The zero-order chi connectivity index (χ0) is 19.2. The fourth-order valence-electron chi connectivity index (χ4n) is 2.51. The van der Waals surface area contributed by atoms with Gasteiger partial charge in [0.15, 0.2) is 0 Å². The van der Waals surface area contributed by atoms with Gasteiger partial charge in [0.05, 0.1) is 0 Å². The summed E-state index contributed by atoms with van der Waals surface area (Å²) in [5, 5.41) is 9.40. The minimum Gasteiger partial charge on any atom is -0.283 e. The number of anilines is 1. The van der Waals surface area contributed by atoms with Crippen molar-refractivity contribution in [2.24, 2.45) is 5.92 Å². The summed E-state index contributed by atoms with van der Waals surface area (Å²) in [5.74, 6) is -0.222. The molecule has 0 saturated carbocycles. The fraction of sp³-hybridized carbons (Fsp3) is 0.190. The lowest BCUT2D eigenvalue weighted by Gasteiger charge is -2.19. The molecule has 6 heteroatoms. The van der Waals surface area contributed by atoms with Crippen LogP contribution in [0, 0.1) is 11.7 Å². The summed E-state index contributed by atoms with van der Waals surface area (Å²) < 4.78 is 13.5. The van der Waals surface area contributed by atoms with Crippen LogP contribution in [0.5, 0.6) is 0 Å². The van der Waals surface area contributed by atoms with E-state index in [0.29, 0.717) is 22.2 Å². The summed E-state index contributed by atoms with van der Waals surface area (Å²) in [6.07, 6.45) is 3.32. The lowest BCUT2D eigenvalue weighted by Crippen LogP contribution is -2.32. The average molecular weight is 381 g/mol. The van der Waals surface area contributed by atoms with Crippen molar-refractivity contribution in [2.75, 3.05) is 11.4 Å². The van der Waals surface area contributed by atoms with Gasteiger partial charge in [0.1, 0.15) is 10.8 Å². The van der Waals surface area contributed by atoms with Crippen LogP contribution in [-0.4, -0.2) is 22.6 Å². The van der Waals surface area contributed by atoms with Crippen molar-refractivity contribution >= 4 is 28.5 Å². The van der Waals surface area contributed by atoms with E-state index in [1.165, 1.54) is 23.5 Å². The molecule has 1 heterocycles. The van der Waals surface area contributed by atoms with E-state index < -0.39 is 0 Å². The number of amides is 1. The van der Waals surface area contributed by atoms with Crippen molar-refractivity contribution < 1.29 is 9.18 Å². The predicted octanol–water partition coefficient (Wildman–Crippen LogP) is 5.05. The first-order chi connectivity index (χ1) is 13.0. The topological polar surface area (TPSA) is 46.1 Å². The third-order valence-corrected chi connectivity index (χ3v) is 4.74. The second kappa shape index (κ2) is 8.68. The van der Waals surface area contributed by atoms with Gasteiger partial charge in [0.25, 0.3) is 5.91 Å². The average Bonchev–Trinajstić information content (AvgIpc) is 3.15. The molecule has 0 bridgehead atoms. The van der Waals surface area contributed by atoms with Gasteiger partial charge in [0, 0.05) is 18.2 Å². The maximum atomic E-state index is 13.5. The third-order valence-electron chi connectivity index (χ3n) is 3.75. The van der Waals surface area contributed by atoms with Crippen LogP contribution in [0.15, 0.2) is 60.7 Å². The smallest absolute Gasteiger partial charge is 0.252 e. The van der Waals surface area contributed by atoms with Gasteiger partial charge in [-0.2, -0.15) is 0 Å². The van der Waals surface area contributed by atoms with Crippen molar-refractivity contribution in [3.8, 4) is 10.6 Å². The van der Waals surface area contributed by atoms with Crippen LogP contribution in [-0.2, 0) is 4.79 Å². The lowest BCUT2D eigenvalue weighted by molar-refractivity contribution is -0.114. The first kappa shape index (κ1) is 18.9. The van der Waals surface area contributed by atoms with Gasteiger partial charge in [-0.05, 0) is 29.7 Å². The summed E-state index contributed by atoms with van der Waals surface area (Å²) in [6, 6.07) is 15.8. The molecule has 4 nitrogen and oxygen atoms in total. The molecule has 3 aromatic rings. The van der Waals surface area contributed by atoms with Crippen molar-refractivity contribution in [3.05, 3.63) is 72.1 Å². The molecule has 0 radical (unpaired) electrons. The van der Waals surface area contributed by atoms with Gasteiger partial charge in [0.2, 0.25) is 5.13 Å². The molecule has 0 aliphatic carbocycles. The van der Waals surface area contributed by atoms with E-state index in [0.717, 1.165) is 5.56 Å². The van der Waals surface area contributed by atoms with Gasteiger partial charge in [-0.1, -0.05) is 67.6 Å². The first-order valence-corrected chi connectivity index (χ1v) is 9.48. The Balaban J connectivity index is 1.84. The van der Waals surface area contributed by atoms with Crippen LogP contribution in [0.2, 0.25) is 0 Å². The van der Waals surface area contributed by atoms with Crippen molar-refractivity contribution in [3.63, 3.8) is 0 Å². The van der Waals surface area contributed by atoms with Gasteiger partial charge in [-0.15, -0.1) is 10.2 Å². The van der Waals surface area contributed by atoms with Gasteiger partial charge >= 0.3 is 0 Å². The van der Waals surface area contributed by atoms with Crippen LogP contribution in [0.3, 0.4) is 0 Å². The largest absolute Gasteiger partial charge is 0.283 e. The molecule has 138 valence electrons. The Morgan fingerprint density at radius 1 is 1.15 bits per heavy atom. The van der Waals surface area contributed by atoms with E-state index in [1.807, 2.05) is 44.2 Å². The van der Waals surface area contributed by atoms with Crippen molar-refractivity contribution in [1.29, 1.82) is 0 Å². The molecule has 0 spiro atoms. The normalized spacial score (nSPS) is 11.3. The summed E-state index contributed by atoms with van der Waals surface area (Å²) in [5.41, 5.74) is 1.60. The Labute approximate surface area is 162 Å². The number of hydrogen-bond acceptors (Lipinski definition) is 4. The molecule has 0 saturated heterocycles. The summed E-state index contributed by atoms with van der Waals surface area (Å²) in [6.45, 7) is 4.60. The molecule has 27 heavy (non-hydrogen) atoms. The van der Waals surface area contributed by atoms with E-state index in [1.54, 1.807) is 29.2 Å². The molecule has 1 amide bonds. The molecule has 0 aliphatic heterocycles. The highest BCUT2D eigenvalue weighted by Crippen LogP contribution is 2.29. The van der Waals surface area contributed by atoms with Gasteiger partial charge in [-0.3, -0.25) is 9.69 Å². The molecule has 0 unspecified atom stereocenters. The Kier molecular flexibility index (Phi) is 6.08. The molecule has 0 aliphatic rings. The number of rotatable bonds is 6. The van der Waals surface area contributed by atoms with Crippen LogP contribution in [0.4, 0.5) is 9.52 Å². The fourth-order valence-corrected chi connectivity index (χ4v) is 3.37. The van der Waals surface area contributed by atoms with Crippen LogP contribution < -0.4 is 4.90 Å². The Bertz CT molecular complexity index is 937. The van der Waals surface area contributed by atoms with E-state index in [-0.39, 0.29) is 17.6 Å². The minimum atomic E-state index is -0.329.